The maximum atomic E-state index is 12.1. The van der Waals surface area contributed by atoms with Gasteiger partial charge in [-0.25, -0.2) is 0 Å². The van der Waals surface area contributed by atoms with Crippen LogP contribution in [0.3, 0.4) is 0 Å². The fraction of sp³-hybridized carbons (Fsp3) is 0.667. The van der Waals surface area contributed by atoms with Crippen LogP contribution in [-0.4, -0.2) is 48.3 Å². The average Bonchev–Trinajstić information content (AvgIpc) is 2.49. The number of Topliss-reactive ketones (excluding diaryl/α,β-unsaturated/α-hetero) is 1. The topological polar surface area (TPSA) is 65.0 Å². The van der Waals surface area contributed by atoms with Crippen LogP contribution in [0.1, 0.15) is 36.2 Å². The van der Waals surface area contributed by atoms with E-state index in [1.165, 1.54) is 13.8 Å². The summed E-state index contributed by atoms with van der Waals surface area (Å²) >= 11 is 0. The van der Waals surface area contributed by atoms with Crippen molar-refractivity contribution in [2.45, 2.75) is 84.3 Å². The van der Waals surface area contributed by atoms with E-state index in [1.807, 2.05) is 12.1 Å². The van der Waals surface area contributed by atoms with E-state index in [2.05, 4.69) is 45.8 Å². The molecule has 1 N–H and O–H groups in total. The van der Waals surface area contributed by atoms with Crippen LogP contribution in [0.25, 0.3) is 0 Å². The number of rotatable bonds is 12. The second kappa shape index (κ2) is 10.1. The number of hydrogen-bond acceptors (Lipinski definition) is 5. The summed E-state index contributed by atoms with van der Waals surface area (Å²) in [6.07, 6.45) is 0.910. The Morgan fingerprint density at radius 2 is 1.41 bits per heavy atom. The van der Waals surface area contributed by atoms with Gasteiger partial charge in [-0.05, 0) is 77.7 Å². The zero-order valence-electron chi connectivity index (χ0n) is 19.7. The summed E-state index contributed by atoms with van der Waals surface area (Å²) < 4.78 is 18.9. The summed E-state index contributed by atoms with van der Waals surface area (Å²) in [6, 6.07) is 8.17. The molecule has 0 unspecified atom stereocenters. The van der Waals surface area contributed by atoms with E-state index < -0.39 is 30.8 Å². The Hall–Kier alpha value is -0.619. The van der Waals surface area contributed by atoms with Gasteiger partial charge in [0.25, 0.3) is 0 Å². The Bertz CT molecular complexity index is 639. The molecule has 0 bridgehead atoms. The van der Waals surface area contributed by atoms with Gasteiger partial charge in [-0.3, -0.25) is 4.79 Å². The van der Waals surface area contributed by atoms with Gasteiger partial charge in [-0.2, -0.15) is 0 Å². The Balaban J connectivity index is 2.53. The second-order valence-electron chi connectivity index (χ2n) is 10.3. The first-order valence-electron chi connectivity index (χ1n) is 10.4. The molecule has 0 amide bonds. The molecule has 5 nitrogen and oxygen atoms in total. The highest BCUT2D eigenvalue weighted by atomic mass is 28.5. The van der Waals surface area contributed by atoms with Gasteiger partial charge in [0.1, 0.15) is 5.60 Å². The van der Waals surface area contributed by atoms with Crippen LogP contribution in [0.5, 0.6) is 0 Å². The molecule has 0 heterocycles. The number of hydrogen-bond donors (Lipinski definition) is 1. The number of aliphatic hydroxyl groups is 1. The van der Waals surface area contributed by atoms with Crippen LogP contribution in [0, 0.1) is 0 Å². The third kappa shape index (κ3) is 10.8. The monoisotopic (exact) mass is 456 g/mol. The van der Waals surface area contributed by atoms with E-state index in [9.17, 15) is 9.90 Å². The Morgan fingerprint density at radius 1 is 0.931 bits per heavy atom. The quantitative estimate of drug-likeness (QED) is 0.262. The Labute approximate surface area is 180 Å². The summed E-state index contributed by atoms with van der Waals surface area (Å²) in [5.74, 6) is -0.279. The predicted octanol–water partition coefficient (Wildman–Crippen LogP) is 5.32. The Kier molecular flexibility index (Phi) is 9.22. The zero-order chi connectivity index (χ0) is 22.5. The van der Waals surface area contributed by atoms with E-state index in [-0.39, 0.29) is 5.78 Å². The average molecular weight is 457 g/mol. The van der Waals surface area contributed by atoms with Crippen LogP contribution >= 0.6 is 0 Å². The van der Waals surface area contributed by atoms with Crippen LogP contribution < -0.4 is 0 Å². The van der Waals surface area contributed by atoms with Crippen molar-refractivity contribution in [3.63, 3.8) is 0 Å². The molecule has 29 heavy (non-hydrogen) atoms. The number of ether oxygens (including phenoxy) is 1. The van der Waals surface area contributed by atoms with E-state index >= 15 is 0 Å². The molecule has 0 spiro atoms. The molecule has 0 saturated heterocycles. The van der Waals surface area contributed by atoms with Crippen LogP contribution in [0.2, 0.25) is 51.9 Å². The standard InChI is InChI=1S/C21H40O5Si3/c1-21(2,23)20(22)19-13-11-18(12-14-19)17-24-15-10-16-29(9,25-27(3,4)5)26-28(6,7)8/h11-14,23H,10,15-17H2,1-9H3. The van der Waals surface area contributed by atoms with Crippen molar-refractivity contribution >= 4 is 31.0 Å². The molecule has 8 heteroatoms. The van der Waals surface area contributed by atoms with E-state index in [4.69, 9.17) is 13.0 Å². The summed E-state index contributed by atoms with van der Waals surface area (Å²) in [6.45, 7) is 19.6. The lowest BCUT2D eigenvalue weighted by atomic mass is 9.96. The minimum atomic E-state index is -2.21. The van der Waals surface area contributed by atoms with Crippen molar-refractivity contribution in [3.8, 4) is 0 Å². The first-order valence-corrected chi connectivity index (χ1v) is 19.7. The van der Waals surface area contributed by atoms with Crippen LogP contribution in [0.4, 0.5) is 0 Å². The molecule has 0 saturated carbocycles. The highest BCUT2D eigenvalue weighted by Crippen LogP contribution is 2.25. The summed E-state index contributed by atoms with van der Waals surface area (Å²) in [5.41, 5.74) is 0.161. The SMILES string of the molecule is CC(C)(O)C(=O)c1ccc(COCCC[Si](C)(O[Si](C)(C)C)O[Si](C)(C)C)cc1. The van der Waals surface area contributed by atoms with Gasteiger partial charge in [0.05, 0.1) is 6.61 Å². The van der Waals surface area contributed by atoms with Gasteiger partial charge < -0.3 is 18.1 Å². The molecule has 1 rings (SSSR count). The summed E-state index contributed by atoms with van der Waals surface area (Å²) in [4.78, 5) is 12.1. The van der Waals surface area contributed by atoms with E-state index in [1.54, 1.807) is 12.1 Å². The summed E-state index contributed by atoms with van der Waals surface area (Å²) in [5, 5.41) is 9.83. The molecule has 166 valence electrons. The first-order chi connectivity index (χ1) is 13.0. The molecule has 0 aliphatic rings. The predicted molar refractivity (Wildman–Crippen MR) is 127 cm³/mol. The van der Waals surface area contributed by atoms with Crippen molar-refractivity contribution in [1.29, 1.82) is 0 Å². The number of benzene rings is 1. The van der Waals surface area contributed by atoms with E-state index in [0.717, 1.165) is 18.0 Å². The lowest BCUT2D eigenvalue weighted by molar-refractivity contribution is 0.0488. The molecule has 0 atom stereocenters. The maximum absolute atomic E-state index is 12.1. The third-order valence-electron chi connectivity index (χ3n) is 4.00. The zero-order valence-corrected chi connectivity index (χ0v) is 22.7. The highest BCUT2D eigenvalue weighted by molar-refractivity contribution is 6.87. The minimum Gasteiger partial charge on any atom is -0.437 e. The lowest BCUT2D eigenvalue weighted by Gasteiger charge is -2.38. The largest absolute Gasteiger partial charge is 0.437 e. The number of carbonyl (C=O) groups excluding carboxylic acids is 1. The van der Waals surface area contributed by atoms with Gasteiger partial charge in [-0.15, -0.1) is 0 Å². The third-order valence-corrected chi connectivity index (χ3v) is 13.6. The van der Waals surface area contributed by atoms with Crippen molar-refractivity contribution in [2.75, 3.05) is 6.61 Å². The minimum absolute atomic E-state index is 0.279. The van der Waals surface area contributed by atoms with Crippen molar-refractivity contribution in [3.05, 3.63) is 35.4 Å². The van der Waals surface area contributed by atoms with E-state index in [0.29, 0.717) is 18.8 Å². The number of carbonyl (C=O) groups is 1. The molecule has 0 aliphatic heterocycles. The molecule has 1 aromatic carbocycles. The Morgan fingerprint density at radius 3 is 1.83 bits per heavy atom. The molecular formula is C21H40O5Si3. The van der Waals surface area contributed by atoms with Crippen molar-refractivity contribution in [2.24, 2.45) is 0 Å². The highest BCUT2D eigenvalue weighted by Gasteiger charge is 2.39. The maximum Gasteiger partial charge on any atom is 0.314 e. The fourth-order valence-corrected chi connectivity index (χ4v) is 15.7. The molecule has 0 fully saturated rings. The number of ketones is 1. The van der Waals surface area contributed by atoms with Gasteiger partial charge >= 0.3 is 8.56 Å². The van der Waals surface area contributed by atoms with Crippen LogP contribution in [-0.2, 0) is 19.6 Å². The first kappa shape index (κ1) is 26.4. The summed E-state index contributed by atoms with van der Waals surface area (Å²) in [7, 11) is -5.54. The van der Waals surface area contributed by atoms with Gasteiger partial charge in [-0.1, -0.05) is 24.3 Å². The van der Waals surface area contributed by atoms with Crippen LogP contribution in [0.15, 0.2) is 24.3 Å². The lowest BCUT2D eigenvalue weighted by Crippen LogP contribution is -2.52. The fourth-order valence-electron chi connectivity index (χ4n) is 3.21. The van der Waals surface area contributed by atoms with Gasteiger partial charge in [0.2, 0.25) is 0 Å². The van der Waals surface area contributed by atoms with Crippen molar-refractivity contribution < 1.29 is 22.9 Å². The van der Waals surface area contributed by atoms with Gasteiger partial charge in [0, 0.05) is 12.2 Å². The normalized spacial score (nSPS) is 13.6. The molecule has 0 aliphatic carbocycles. The smallest absolute Gasteiger partial charge is 0.314 e. The molecule has 0 radical (unpaired) electrons. The molecule has 0 aromatic heterocycles. The molecular weight excluding hydrogens is 416 g/mol. The van der Waals surface area contributed by atoms with Crippen molar-refractivity contribution in [1.82, 2.24) is 0 Å². The van der Waals surface area contributed by atoms with Gasteiger partial charge in [0.15, 0.2) is 22.4 Å². The molecule has 1 aromatic rings. The second-order valence-corrected chi connectivity index (χ2v) is 23.2.